The second kappa shape index (κ2) is 9.09. The molecule has 3 rings (SSSR count). The molecule has 0 bridgehead atoms. The third-order valence-electron chi connectivity index (χ3n) is 3.73. The SMILES string of the molecule is COc1cc(/C=N\NC(=O)c2ccccc2F)ccc1OCc1csc(C)n1. The van der Waals surface area contributed by atoms with Crippen molar-refractivity contribution in [3.63, 3.8) is 0 Å². The number of hydrogen-bond donors (Lipinski definition) is 1. The lowest BCUT2D eigenvalue weighted by Crippen LogP contribution is -2.18. The number of hydrazone groups is 1. The Balaban J connectivity index is 1.63. The number of rotatable bonds is 7. The summed E-state index contributed by atoms with van der Waals surface area (Å²) >= 11 is 1.56. The van der Waals surface area contributed by atoms with Crippen LogP contribution in [0.4, 0.5) is 4.39 Å². The molecule has 28 heavy (non-hydrogen) atoms. The van der Waals surface area contributed by atoms with Crippen LogP contribution in [-0.4, -0.2) is 24.2 Å². The Morgan fingerprint density at radius 3 is 2.82 bits per heavy atom. The van der Waals surface area contributed by atoms with Gasteiger partial charge in [-0.15, -0.1) is 11.3 Å². The van der Waals surface area contributed by atoms with E-state index >= 15 is 0 Å². The standard InChI is InChI=1S/C20H18FN3O3S/c1-13-23-15(12-28-13)11-27-18-8-7-14(9-19(18)26-2)10-22-24-20(25)16-5-3-4-6-17(16)21/h3-10,12H,11H2,1-2H3,(H,24,25)/b22-10-. The predicted octanol–water partition coefficient (Wildman–Crippen LogP) is 3.94. The number of methoxy groups -OCH3 is 1. The van der Waals surface area contributed by atoms with E-state index in [0.717, 1.165) is 10.7 Å². The monoisotopic (exact) mass is 399 g/mol. The predicted molar refractivity (Wildman–Crippen MR) is 106 cm³/mol. The first-order chi connectivity index (χ1) is 13.6. The first kappa shape index (κ1) is 19.5. The summed E-state index contributed by atoms with van der Waals surface area (Å²) in [5, 5.41) is 6.79. The van der Waals surface area contributed by atoms with Crippen molar-refractivity contribution >= 4 is 23.5 Å². The van der Waals surface area contributed by atoms with Crippen LogP contribution in [0.5, 0.6) is 11.5 Å². The maximum Gasteiger partial charge on any atom is 0.274 e. The average Bonchev–Trinajstić information content (AvgIpc) is 3.12. The third-order valence-corrected chi connectivity index (χ3v) is 4.55. The van der Waals surface area contributed by atoms with Crippen LogP contribution in [0, 0.1) is 12.7 Å². The molecule has 0 spiro atoms. The minimum absolute atomic E-state index is 0.0711. The van der Waals surface area contributed by atoms with Gasteiger partial charge >= 0.3 is 0 Å². The minimum Gasteiger partial charge on any atom is -0.493 e. The molecule has 0 saturated carbocycles. The second-order valence-electron chi connectivity index (χ2n) is 5.74. The van der Waals surface area contributed by atoms with E-state index in [9.17, 15) is 9.18 Å². The van der Waals surface area contributed by atoms with E-state index in [1.807, 2.05) is 12.3 Å². The summed E-state index contributed by atoms with van der Waals surface area (Å²) < 4.78 is 24.7. The smallest absolute Gasteiger partial charge is 0.274 e. The number of hydrogen-bond acceptors (Lipinski definition) is 6. The zero-order valence-corrected chi connectivity index (χ0v) is 16.1. The lowest BCUT2D eigenvalue weighted by Gasteiger charge is -2.10. The van der Waals surface area contributed by atoms with Crippen molar-refractivity contribution in [2.24, 2.45) is 5.10 Å². The first-order valence-electron chi connectivity index (χ1n) is 8.36. The van der Waals surface area contributed by atoms with Gasteiger partial charge in [-0.25, -0.2) is 14.8 Å². The maximum atomic E-state index is 13.6. The van der Waals surface area contributed by atoms with Gasteiger partial charge in [-0.3, -0.25) is 4.79 Å². The molecule has 8 heteroatoms. The number of halogens is 1. The molecule has 1 aromatic heterocycles. The lowest BCUT2D eigenvalue weighted by molar-refractivity contribution is 0.0951. The van der Waals surface area contributed by atoms with Crippen molar-refractivity contribution in [1.29, 1.82) is 0 Å². The Morgan fingerprint density at radius 2 is 2.11 bits per heavy atom. The summed E-state index contributed by atoms with van der Waals surface area (Å²) in [6, 6.07) is 10.9. The summed E-state index contributed by atoms with van der Waals surface area (Å²) in [5.74, 6) is -0.134. The summed E-state index contributed by atoms with van der Waals surface area (Å²) in [6.45, 7) is 2.28. The summed E-state index contributed by atoms with van der Waals surface area (Å²) in [7, 11) is 1.54. The minimum atomic E-state index is -0.625. The van der Waals surface area contributed by atoms with Crippen molar-refractivity contribution in [2.45, 2.75) is 13.5 Å². The van der Waals surface area contributed by atoms with Gasteiger partial charge in [0, 0.05) is 5.38 Å². The number of thiazole rings is 1. The number of nitrogens with one attached hydrogen (secondary N) is 1. The Kier molecular flexibility index (Phi) is 6.33. The normalized spacial score (nSPS) is 10.8. The van der Waals surface area contributed by atoms with Crippen LogP contribution in [0.15, 0.2) is 52.9 Å². The fourth-order valence-electron chi connectivity index (χ4n) is 2.38. The van der Waals surface area contributed by atoms with Crippen LogP contribution in [-0.2, 0) is 6.61 Å². The summed E-state index contributed by atoms with van der Waals surface area (Å²) in [6.07, 6.45) is 1.44. The summed E-state index contributed by atoms with van der Waals surface area (Å²) in [4.78, 5) is 16.3. The molecule has 0 atom stereocenters. The highest BCUT2D eigenvalue weighted by Gasteiger charge is 2.10. The fourth-order valence-corrected chi connectivity index (χ4v) is 2.98. The van der Waals surface area contributed by atoms with Gasteiger partial charge in [0.05, 0.1) is 29.6 Å². The van der Waals surface area contributed by atoms with Crippen LogP contribution in [0.2, 0.25) is 0 Å². The van der Waals surface area contributed by atoms with Crippen LogP contribution in [0.1, 0.15) is 26.6 Å². The Labute approximate surface area is 165 Å². The third kappa shape index (κ3) is 4.92. The highest BCUT2D eigenvalue weighted by atomic mass is 32.1. The molecule has 0 fully saturated rings. The molecule has 3 aromatic rings. The molecule has 1 heterocycles. The van der Waals surface area contributed by atoms with E-state index in [4.69, 9.17) is 9.47 Å². The van der Waals surface area contributed by atoms with Crippen LogP contribution in [0.25, 0.3) is 0 Å². The number of carbonyl (C=O) groups excluding carboxylic acids is 1. The van der Waals surface area contributed by atoms with Crippen molar-refractivity contribution in [1.82, 2.24) is 10.4 Å². The molecule has 1 amide bonds. The zero-order chi connectivity index (χ0) is 19.9. The average molecular weight is 399 g/mol. The molecule has 0 saturated heterocycles. The number of aromatic nitrogens is 1. The van der Waals surface area contributed by atoms with Gasteiger partial charge in [-0.05, 0) is 42.8 Å². The number of nitrogens with zero attached hydrogens (tertiary/aromatic N) is 2. The van der Waals surface area contributed by atoms with Gasteiger partial charge in [0.25, 0.3) is 5.91 Å². The molecular formula is C20H18FN3O3S. The molecule has 0 aliphatic carbocycles. The summed E-state index contributed by atoms with van der Waals surface area (Å²) in [5.41, 5.74) is 3.77. The van der Waals surface area contributed by atoms with Gasteiger partial charge in [0.1, 0.15) is 12.4 Å². The van der Waals surface area contributed by atoms with E-state index in [0.29, 0.717) is 23.7 Å². The number of amides is 1. The molecule has 0 unspecified atom stereocenters. The fraction of sp³-hybridized carbons (Fsp3) is 0.150. The van der Waals surface area contributed by atoms with Crippen LogP contribution >= 0.6 is 11.3 Å². The number of benzene rings is 2. The van der Waals surface area contributed by atoms with Crippen molar-refractivity contribution in [3.05, 3.63) is 75.5 Å². The highest BCUT2D eigenvalue weighted by molar-refractivity contribution is 7.09. The van der Waals surface area contributed by atoms with E-state index in [1.165, 1.54) is 31.5 Å². The topological polar surface area (TPSA) is 72.8 Å². The molecule has 6 nitrogen and oxygen atoms in total. The molecule has 0 radical (unpaired) electrons. The van der Waals surface area contributed by atoms with E-state index in [-0.39, 0.29) is 5.56 Å². The molecule has 0 aliphatic heterocycles. The number of ether oxygens (including phenoxy) is 2. The largest absolute Gasteiger partial charge is 0.493 e. The molecular weight excluding hydrogens is 381 g/mol. The highest BCUT2D eigenvalue weighted by Crippen LogP contribution is 2.28. The van der Waals surface area contributed by atoms with Crippen molar-refractivity contribution in [3.8, 4) is 11.5 Å². The van der Waals surface area contributed by atoms with Gasteiger partial charge in [0.2, 0.25) is 0 Å². The maximum absolute atomic E-state index is 13.6. The van der Waals surface area contributed by atoms with Crippen LogP contribution in [0.3, 0.4) is 0 Å². The van der Waals surface area contributed by atoms with Crippen molar-refractivity contribution < 1.29 is 18.7 Å². The van der Waals surface area contributed by atoms with Crippen LogP contribution < -0.4 is 14.9 Å². The Bertz CT molecular complexity index is 1000. The molecule has 0 aliphatic rings. The Hall–Kier alpha value is -3.26. The number of aryl methyl sites for hydroxylation is 1. The first-order valence-corrected chi connectivity index (χ1v) is 9.24. The molecule has 2 aromatic carbocycles. The van der Waals surface area contributed by atoms with Gasteiger partial charge in [-0.1, -0.05) is 12.1 Å². The lowest BCUT2D eigenvalue weighted by atomic mass is 10.2. The van der Waals surface area contributed by atoms with E-state index in [2.05, 4.69) is 15.5 Å². The Morgan fingerprint density at radius 1 is 1.29 bits per heavy atom. The van der Waals surface area contributed by atoms with Gasteiger partial charge < -0.3 is 9.47 Å². The molecule has 1 N–H and O–H groups in total. The second-order valence-corrected chi connectivity index (χ2v) is 6.80. The zero-order valence-electron chi connectivity index (χ0n) is 15.3. The molecule has 144 valence electrons. The van der Waals surface area contributed by atoms with Crippen molar-refractivity contribution in [2.75, 3.05) is 7.11 Å². The quantitative estimate of drug-likeness (QED) is 0.482. The van der Waals surface area contributed by atoms with E-state index < -0.39 is 11.7 Å². The van der Waals surface area contributed by atoms with Gasteiger partial charge in [0.15, 0.2) is 11.5 Å². The van der Waals surface area contributed by atoms with Gasteiger partial charge in [-0.2, -0.15) is 5.10 Å². The van der Waals surface area contributed by atoms with E-state index in [1.54, 1.807) is 35.6 Å². The number of carbonyl (C=O) groups is 1.